The lowest BCUT2D eigenvalue weighted by atomic mass is 9.95. The van der Waals surface area contributed by atoms with E-state index in [0.717, 1.165) is 10.7 Å². The highest BCUT2D eigenvalue weighted by Crippen LogP contribution is 2.31. The minimum absolute atomic E-state index is 0.614. The van der Waals surface area contributed by atoms with Crippen molar-refractivity contribution in [3.63, 3.8) is 0 Å². The number of aryl methyl sites for hydroxylation is 1. The molecule has 2 unspecified atom stereocenters. The molecule has 1 saturated carbocycles. The van der Waals surface area contributed by atoms with Crippen molar-refractivity contribution in [1.29, 1.82) is 0 Å². The summed E-state index contributed by atoms with van der Waals surface area (Å²) >= 11 is 1.82. The average Bonchev–Trinajstić information content (AvgIpc) is 2.33. The van der Waals surface area contributed by atoms with Gasteiger partial charge in [0, 0.05) is 23.7 Å². The third-order valence-corrected chi connectivity index (χ3v) is 4.38. The van der Waals surface area contributed by atoms with Gasteiger partial charge in [-0.05, 0) is 32.4 Å². The van der Waals surface area contributed by atoms with E-state index in [4.69, 9.17) is 0 Å². The Kier molecular flexibility index (Phi) is 4.18. The highest BCUT2D eigenvalue weighted by molar-refractivity contribution is 7.99. The molecule has 1 fully saturated rings. The van der Waals surface area contributed by atoms with Crippen LogP contribution in [0.15, 0.2) is 17.6 Å². The lowest BCUT2D eigenvalue weighted by Crippen LogP contribution is -2.38. The zero-order valence-electron chi connectivity index (χ0n) is 9.94. The Morgan fingerprint density at radius 1 is 1.25 bits per heavy atom. The van der Waals surface area contributed by atoms with E-state index in [2.05, 4.69) is 22.3 Å². The summed E-state index contributed by atoms with van der Waals surface area (Å²) in [6.45, 7) is 2.02. The minimum atomic E-state index is 0.614. The van der Waals surface area contributed by atoms with Gasteiger partial charge >= 0.3 is 0 Å². The van der Waals surface area contributed by atoms with E-state index in [1.165, 1.54) is 25.7 Å². The maximum atomic E-state index is 4.37. The fourth-order valence-corrected chi connectivity index (χ4v) is 3.36. The Balaban J connectivity index is 1.99. The number of aromatic nitrogens is 2. The van der Waals surface area contributed by atoms with Gasteiger partial charge in [0.2, 0.25) is 0 Å². The fraction of sp³-hybridized carbons (Fsp3) is 0.667. The van der Waals surface area contributed by atoms with Crippen molar-refractivity contribution in [1.82, 2.24) is 15.3 Å². The molecule has 16 heavy (non-hydrogen) atoms. The molecule has 3 nitrogen and oxygen atoms in total. The van der Waals surface area contributed by atoms with Crippen LogP contribution in [0, 0.1) is 6.92 Å². The largest absolute Gasteiger partial charge is 0.316 e. The lowest BCUT2D eigenvalue weighted by Gasteiger charge is -2.30. The number of thioether (sulfide) groups is 1. The Morgan fingerprint density at radius 3 is 2.62 bits per heavy atom. The second kappa shape index (κ2) is 5.64. The molecule has 0 aromatic carbocycles. The number of nitrogens with zero attached hydrogens (tertiary/aromatic N) is 2. The molecule has 1 N–H and O–H groups in total. The molecule has 1 aliphatic carbocycles. The van der Waals surface area contributed by atoms with E-state index >= 15 is 0 Å². The minimum Gasteiger partial charge on any atom is -0.316 e. The first-order valence-corrected chi connectivity index (χ1v) is 6.80. The Labute approximate surface area is 101 Å². The summed E-state index contributed by atoms with van der Waals surface area (Å²) in [4.78, 5) is 8.73. The average molecular weight is 237 g/mol. The molecule has 0 spiro atoms. The number of rotatable bonds is 3. The number of hydrogen-bond acceptors (Lipinski definition) is 4. The summed E-state index contributed by atoms with van der Waals surface area (Å²) in [5.41, 5.74) is 1.12. The van der Waals surface area contributed by atoms with Crippen LogP contribution < -0.4 is 5.32 Å². The van der Waals surface area contributed by atoms with Crippen LogP contribution in [0.5, 0.6) is 0 Å². The van der Waals surface area contributed by atoms with Crippen molar-refractivity contribution in [2.75, 3.05) is 7.05 Å². The maximum absolute atomic E-state index is 4.37. The molecule has 0 aliphatic heterocycles. The van der Waals surface area contributed by atoms with Crippen LogP contribution >= 0.6 is 11.8 Å². The highest BCUT2D eigenvalue weighted by Gasteiger charge is 2.25. The maximum Gasteiger partial charge on any atom is 0.187 e. The summed E-state index contributed by atoms with van der Waals surface area (Å²) in [5.74, 6) is 0. The topological polar surface area (TPSA) is 37.8 Å². The molecular formula is C12H19N3S. The van der Waals surface area contributed by atoms with Crippen LogP contribution in [-0.2, 0) is 0 Å². The molecule has 1 aliphatic rings. The van der Waals surface area contributed by atoms with Gasteiger partial charge < -0.3 is 5.32 Å². The first-order chi connectivity index (χ1) is 7.79. The molecular weight excluding hydrogens is 218 g/mol. The van der Waals surface area contributed by atoms with Gasteiger partial charge in [0.25, 0.3) is 0 Å². The second-order valence-corrected chi connectivity index (χ2v) is 5.59. The molecule has 2 atom stereocenters. The summed E-state index contributed by atoms with van der Waals surface area (Å²) < 4.78 is 0. The molecule has 0 bridgehead atoms. The predicted molar refractivity (Wildman–Crippen MR) is 67.7 cm³/mol. The fourth-order valence-electron chi connectivity index (χ4n) is 2.15. The Hall–Kier alpha value is -0.610. The Bertz CT molecular complexity index is 326. The second-order valence-electron chi connectivity index (χ2n) is 4.38. The van der Waals surface area contributed by atoms with Crippen molar-refractivity contribution >= 4 is 11.8 Å². The first kappa shape index (κ1) is 11.9. The monoisotopic (exact) mass is 237 g/mol. The zero-order valence-corrected chi connectivity index (χ0v) is 10.8. The zero-order chi connectivity index (χ0) is 11.4. The predicted octanol–water partition coefficient (Wildman–Crippen LogP) is 2.41. The summed E-state index contributed by atoms with van der Waals surface area (Å²) in [6, 6.07) is 0.614. The van der Waals surface area contributed by atoms with Crippen LogP contribution in [0.1, 0.15) is 31.2 Å². The molecule has 4 heteroatoms. The SMILES string of the molecule is CNC1CCCCC1Sc1ncc(C)cn1. The third kappa shape index (κ3) is 2.95. The van der Waals surface area contributed by atoms with Crippen molar-refractivity contribution in [2.24, 2.45) is 0 Å². The standard InChI is InChI=1S/C12H19N3S/c1-9-7-14-12(15-8-9)16-11-6-4-3-5-10(11)13-2/h7-8,10-11,13H,3-6H2,1-2H3. The quantitative estimate of drug-likeness (QED) is 0.819. The van der Waals surface area contributed by atoms with Crippen LogP contribution in [0.4, 0.5) is 0 Å². The van der Waals surface area contributed by atoms with Gasteiger partial charge in [-0.3, -0.25) is 0 Å². The van der Waals surface area contributed by atoms with E-state index in [9.17, 15) is 0 Å². The van der Waals surface area contributed by atoms with Gasteiger partial charge in [-0.1, -0.05) is 24.6 Å². The highest BCUT2D eigenvalue weighted by atomic mass is 32.2. The van der Waals surface area contributed by atoms with E-state index < -0.39 is 0 Å². The Morgan fingerprint density at radius 2 is 1.94 bits per heavy atom. The van der Waals surface area contributed by atoms with Crippen molar-refractivity contribution in [2.45, 2.75) is 49.1 Å². The van der Waals surface area contributed by atoms with Gasteiger partial charge in [-0.25, -0.2) is 9.97 Å². The van der Waals surface area contributed by atoms with Crippen molar-refractivity contribution in [3.05, 3.63) is 18.0 Å². The van der Waals surface area contributed by atoms with Crippen molar-refractivity contribution < 1.29 is 0 Å². The molecule has 0 amide bonds. The van der Waals surface area contributed by atoms with E-state index in [0.29, 0.717) is 11.3 Å². The lowest BCUT2D eigenvalue weighted by molar-refractivity contribution is 0.405. The number of hydrogen-bond donors (Lipinski definition) is 1. The molecule has 1 aromatic heterocycles. The molecule has 0 saturated heterocycles. The van der Waals surface area contributed by atoms with Crippen LogP contribution in [0.3, 0.4) is 0 Å². The van der Waals surface area contributed by atoms with E-state index in [1.54, 1.807) is 0 Å². The first-order valence-electron chi connectivity index (χ1n) is 5.92. The van der Waals surface area contributed by atoms with E-state index in [-0.39, 0.29) is 0 Å². The summed E-state index contributed by atoms with van der Waals surface area (Å²) in [5, 5.41) is 4.95. The molecule has 2 rings (SSSR count). The molecule has 88 valence electrons. The van der Waals surface area contributed by atoms with Gasteiger partial charge in [-0.15, -0.1) is 0 Å². The third-order valence-electron chi connectivity index (χ3n) is 3.09. The number of nitrogens with one attached hydrogen (secondary N) is 1. The molecule has 1 heterocycles. The van der Waals surface area contributed by atoms with Crippen LogP contribution in [-0.4, -0.2) is 28.3 Å². The molecule has 1 aromatic rings. The van der Waals surface area contributed by atoms with Gasteiger partial charge in [0.15, 0.2) is 5.16 Å². The molecule has 0 radical (unpaired) electrons. The summed E-state index contributed by atoms with van der Waals surface area (Å²) in [7, 11) is 2.06. The summed E-state index contributed by atoms with van der Waals surface area (Å²) in [6.07, 6.45) is 9.02. The van der Waals surface area contributed by atoms with Crippen LogP contribution in [0.25, 0.3) is 0 Å². The normalized spacial score (nSPS) is 25.6. The van der Waals surface area contributed by atoms with Crippen molar-refractivity contribution in [3.8, 4) is 0 Å². The van der Waals surface area contributed by atoms with Gasteiger partial charge in [0.05, 0.1) is 0 Å². The van der Waals surface area contributed by atoms with E-state index in [1.807, 2.05) is 31.1 Å². The smallest absolute Gasteiger partial charge is 0.187 e. The van der Waals surface area contributed by atoms with Gasteiger partial charge in [-0.2, -0.15) is 0 Å². The van der Waals surface area contributed by atoms with Crippen LogP contribution in [0.2, 0.25) is 0 Å². The van der Waals surface area contributed by atoms with Gasteiger partial charge in [0.1, 0.15) is 0 Å².